The highest BCUT2D eigenvalue weighted by Crippen LogP contribution is 2.35. The van der Waals surface area contributed by atoms with Crippen LogP contribution < -0.4 is 0 Å². The maximum Gasteiger partial charge on any atom is 0.159 e. The smallest absolute Gasteiger partial charge is 0.159 e. The normalized spacial score (nSPS) is 10.3. The van der Waals surface area contributed by atoms with Crippen molar-refractivity contribution in [1.29, 1.82) is 0 Å². The third kappa shape index (κ3) is 2.13. The fraction of sp³-hybridized carbons (Fsp3) is 0.0714. The van der Waals surface area contributed by atoms with E-state index in [0.29, 0.717) is 16.7 Å². The van der Waals surface area contributed by atoms with Crippen LogP contribution in [0.1, 0.15) is 17.3 Å². The summed E-state index contributed by atoms with van der Waals surface area (Å²) in [6, 6.07) is 8.82. The van der Waals surface area contributed by atoms with Crippen LogP contribution in [0.25, 0.3) is 11.1 Å². The standard InChI is InChI=1S/C14H12O4/c1-8(15)9-2-4-11(13(17)6-9)10-3-5-12(16)14(18)7-10/h2-7,16-18H,1H3. The van der Waals surface area contributed by atoms with E-state index in [9.17, 15) is 20.1 Å². The summed E-state index contributed by atoms with van der Waals surface area (Å²) in [6.45, 7) is 1.42. The number of hydrogen-bond donors (Lipinski definition) is 3. The Morgan fingerprint density at radius 3 is 2.17 bits per heavy atom. The third-order valence-electron chi connectivity index (χ3n) is 2.69. The van der Waals surface area contributed by atoms with Gasteiger partial charge < -0.3 is 15.3 Å². The van der Waals surface area contributed by atoms with E-state index >= 15 is 0 Å². The van der Waals surface area contributed by atoms with Gasteiger partial charge in [-0.15, -0.1) is 0 Å². The van der Waals surface area contributed by atoms with E-state index in [0.717, 1.165) is 0 Å². The van der Waals surface area contributed by atoms with Crippen molar-refractivity contribution in [3.05, 3.63) is 42.0 Å². The highest BCUT2D eigenvalue weighted by molar-refractivity contribution is 5.95. The van der Waals surface area contributed by atoms with E-state index in [4.69, 9.17) is 0 Å². The summed E-state index contributed by atoms with van der Waals surface area (Å²) in [5.74, 6) is -0.667. The summed E-state index contributed by atoms with van der Waals surface area (Å²) in [4.78, 5) is 11.2. The lowest BCUT2D eigenvalue weighted by Crippen LogP contribution is -1.91. The van der Waals surface area contributed by atoms with Crippen LogP contribution in [0, 0.1) is 0 Å². The third-order valence-corrected chi connectivity index (χ3v) is 2.69. The molecule has 3 N–H and O–H groups in total. The zero-order chi connectivity index (χ0) is 13.3. The zero-order valence-corrected chi connectivity index (χ0v) is 9.71. The molecule has 2 aromatic rings. The Labute approximate surface area is 104 Å². The first-order valence-electron chi connectivity index (χ1n) is 5.35. The van der Waals surface area contributed by atoms with Crippen LogP contribution in [0.4, 0.5) is 0 Å². The molecule has 0 aliphatic carbocycles. The van der Waals surface area contributed by atoms with Crippen molar-refractivity contribution in [1.82, 2.24) is 0 Å². The molecule has 0 saturated carbocycles. The molecule has 0 aliphatic rings. The topological polar surface area (TPSA) is 77.8 Å². The predicted molar refractivity (Wildman–Crippen MR) is 66.9 cm³/mol. The monoisotopic (exact) mass is 244 g/mol. The van der Waals surface area contributed by atoms with Gasteiger partial charge in [-0.05, 0) is 36.8 Å². The van der Waals surface area contributed by atoms with E-state index in [1.807, 2.05) is 0 Å². The lowest BCUT2D eigenvalue weighted by atomic mass is 10.0. The number of benzene rings is 2. The van der Waals surface area contributed by atoms with Crippen LogP contribution in [-0.4, -0.2) is 21.1 Å². The summed E-state index contributed by atoms with van der Waals surface area (Å²) < 4.78 is 0. The van der Waals surface area contributed by atoms with Gasteiger partial charge >= 0.3 is 0 Å². The van der Waals surface area contributed by atoms with Crippen LogP contribution in [0.15, 0.2) is 36.4 Å². The van der Waals surface area contributed by atoms with Gasteiger partial charge in [0, 0.05) is 11.1 Å². The first-order chi connectivity index (χ1) is 8.49. The van der Waals surface area contributed by atoms with E-state index in [-0.39, 0.29) is 23.0 Å². The highest BCUT2D eigenvalue weighted by Gasteiger charge is 2.09. The van der Waals surface area contributed by atoms with Crippen LogP contribution in [0.5, 0.6) is 17.2 Å². The number of phenolic OH excluding ortho intramolecular Hbond substituents is 3. The Kier molecular flexibility index (Phi) is 2.93. The molecule has 0 aromatic heterocycles. The number of rotatable bonds is 2. The van der Waals surface area contributed by atoms with Gasteiger partial charge in [0.15, 0.2) is 17.3 Å². The summed E-state index contributed by atoms with van der Waals surface area (Å²) in [5, 5.41) is 28.5. The Morgan fingerprint density at radius 2 is 1.61 bits per heavy atom. The minimum absolute atomic E-state index is 0.0483. The molecular weight excluding hydrogens is 232 g/mol. The fourth-order valence-corrected chi connectivity index (χ4v) is 1.69. The predicted octanol–water partition coefficient (Wildman–Crippen LogP) is 2.67. The van der Waals surface area contributed by atoms with Crippen LogP contribution >= 0.6 is 0 Å². The molecule has 4 heteroatoms. The van der Waals surface area contributed by atoms with Crippen molar-refractivity contribution in [2.45, 2.75) is 6.92 Å². The summed E-state index contributed by atoms with van der Waals surface area (Å²) in [5.41, 5.74) is 1.45. The van der Waals surface area contributed by atoms with Crippen molar-refractivity contribution < 1.29 is 20.1 Å². The maximum absolute atomic E-state index is 11.2. The first-order valence-corrected chi connectivity index (χ1v) is 5.35. The van der Waals surface area contributed by atoms with Crippen molar-refractivity contribution in [2.75, 3.05) is 0 Å². The average molecular weight is 244 g/mol. The largest absolute Gasteiger partial charge is 0.507 e. The molecule has 0 amide bonds. The number of Topliss-reactive ketones (excluding diaryl/α,β-unsaturated/α-hetero) is 1. The van der Waals surface area contributed by atoms with E-state index in [1.54, 1.807) is 18.2 Å². The number of ketones is 1. The molecule has 2 aromatic carbocycles. The van der Waals surface area contributed by atoms with Gasteiger partial charge in [0.25, 0.3) is 0 Å². The highest BCUT2D eigenvalue weighted by atomic mass is 16.3. The van der Waals surface area contributed by atoms with E-state index in [1.165, 1.54) is 25.1 Å². The Hall–Kier alpha value is -2.49. The van der Waals surface area contributed by atoms with E-state index in [2.05, 4.69) is 0 Å². The van der Waals surface area contributed by atoms with Crippen molar-refractivity contribution >= 4 is 5.78 Å². The molecule has 0 unspecified atom stereocenters. The van der Waals surface area contributed by atoms with Crippen LogP contribution in [-0.2, 0) is 0 Å². The summed E-state index contributed by atoms with van der Waals surface area (Å²) >= 11 is 0. The number of hydrogen-bond acceptors (Lipinski definition) is 4. The second kappa shape index (κ2) is 4.41. The Morgan fingerprint density at radius 1 is 0.889 bits per heavy atom. The van der Waals surface area contributed by atoms with Gasteiger partial charge in [0.1, 0.15) is 5.75 Å². The molecule has 0 saturated heterocycles. The minimum Gasteiger partial charge on any atom is -0.507 e. The molecule has 0 heterocycles. The van der Waals surface area contributed by atoms with Crippen LogP contribution in [0.2, 0.25) is 0 Å². The molecule has 0 aliphatic heterocycles. The number of carbonyl (C=O) groups excluding carboxylic acids is 1. The molecular formula is C14H12O4. The Bertz CT molecular complexity index is 617. The molecule has 0 spiro atoms. The SMILES string of the molecule is CC(=O)c1ccc(-c2ccc(O)c(O)c2)c(O)c1. The molecule has 18 heavy (non-hydrogen) atoms. The first kappa shape index (κ1) is 12.0. The maximum atomic E-state index is 11.2. The van der Waals surface area contributed by atoms with Gasteiger partial charge in [-0.3, -0.25) is 4.79 Å². The second-order valence-electron chi connectivity index (χ2n) is 3.99. The quantitative estimate of drug-likeness (QED) is 0.560. The molecule has 0 bridgehead atoms. The fourth-order valence-electron chi connectivity index (χ4n) is 1.69. The molecule has 0 fully saturated rings. The lowest BCUT2D eigenvalue weighted by molar-refractivity contribution is 0.101. The summed E-state index contributed by atoms with van der Waals surface area (Å²) in [6.07, 6.45) is 0. The number of aromatic hydroxyl groups is 3. The van der Waals surface area contributed by atoms with Crippen molar-refractivity contribution in [2.24, 2.45) is 0 Å². The number of phenols is 3. The second-order valence-corrected chi connectivity index (χ2v) is 3.99. The van der Waals surface area contributed by atoms with Gasteiger partial charge in [-0.1, -0.05) is 12.1 Å². The number of carbonyl (C=O) groups is 1. The zero-order valence-electron chi connectivity index (χ0n) is 9.71. The van der Waals surface area contributed by atoms with Crippen LogP contribution in [0.3, 0.4) is 0 Å². The molecule has 92 valence electrons. The molecule has 4 nitrogen and oxygen atoms in total. The van der Waals surface area contributed by atoms with Crippen molar-refractivity contribution in [3.63, 3.8) is 0 Å². The average Bonchev–Trinajstić information content (AvgIpc) is 2.32. The lowest BCUT2D eigenvalue weighted by Gasteiger charge is -2.07. The van der Waals surface area contributed by atoms with E-state index < -0.39 is 0 Å². The van der Waals surface area contributed by atoms with Gasteiger partial charge in [0.05, 0.1) is 0 Å². The Balaban J connectivity index is 2.51. The van der Waals surface area contributed by atoms with Gasteiger partial charge in [-0.2, -0.15) is 0 Å². The molecule has 2 rings (SSSR count). The molecule has 0 atom stereocenters. The molecule has 0 radical (unpaired) electrons. The summed E-state index contributed by atoms with van der Waals surface area (Å²) in [7, 11) is 0. The minimum atomic E-state index is -0.262. The van der Waals surface area contributed by atoms with Crippen molar-refractivity contribution in [3.8, 4) is 28.4 Å². The van der Waals surface area contributed by atoms with Gasteiger partial charge in [-0.25, -0.2) is 0 Å². The van der Waals surface area contributed by atoms with Gasteiger partial charge in [0.2, 0.25) is 0 Å².